The minimum Gasteiger partial charge on any atom is -0.389 e. The van der Waals surface area contributed by atoms with E-state index in [2.05, 4.69) is 34.5 Å². The van der Waals surface area contributed by atoms with Crippen molar-refractivity contribution < 1.29 is 5.11 Å². The van der Waals surface area contributed by atoms with Crippen molar-refractivity contribution in [3.63, 3.8) is 0 Å². The van der Waals surface area contributed by atoms with Gasteiger partial charge in [0.15, 0.2) is 0 Å². The zero-order chi connectivity index (χ0) is 13.0. The van der Waals surface area contributed by atoms with Gasteiger partial charge < -0.3 is 15.3 Å². The van der Waals surface area contributed by atoms with Gasteiger partial charge in [-0.1, -0.05) is 30.3 Å². The Labute approximate surface area is 110 Å². The fourth-order valence-electron chi connectivity index (χ4n) is 2.70. The smallest absolute Gasteiger partial charge is 0.0758 e. The van der Waals surface area contributed by atoms with Gasteiger partial charge in [-0.2, -0.15) is 0 Å². The molecule has 0 aliphatic carbocycles. The molecule has 0 saturated carbocycles. The Kier molecular flexibility index (Phi) is 4.38. The molecule has 2 N–H and O–H groups in total. The Bertz CT molecular complexity index is 364. The zero-order valence-electron chi connectivity index (χ0n) is 11.4. The Morgan fingerprint density at radius 3 is 2.67 bits per heavy atom. The summed E-state index contributed by atoms with van der Waals surface area (Å²) in [5.41, 5.74) is 0.855. The number of aliphatic hydroxyl groups is 1. The first-order valence-corrected chi connectivity index (χ1v) is 6.78. The number of nitrogens with one attached hydrogen (secondary N) is 1. The summed E-state index contributed by atoms with van der Waals surface area (Å²) in [4.78, 5) is 2.35. The number of likely N-dealkylation sites (tertiary alicyclic amines) is 1. The summed E-state index contributed by atoms with van der Waals surface area (Å²) >= 11 is 0. The first-order chi connectivity index (χ1) is 8.61. The van der Waals surface area contributed by atoms with Gasteiger partial charge in [0.05, 0.1) is 5.60 Å². The Hall–Kier alpha value is -0.900. The molecule has 1 aliphatic rings. The van der Waals surface area contributed by atoms with Crippen LogP contribution in [-0.2, 0) is 0 Å². The quantitative estimate of drug-likeness (QED) is 0.834. The lowest BCUT2D eigenvalue weighted by molar-refractivity contribution is 0.0683. The Morgan fingerprint density at radius 1 is 1.39 bits per heavy atom. The van der Waals surface area contributed by atoms with Crippen LogP contribution in [0.4, 0.5) is 0 Å². The number of benzene rings is 1. The second-order valence-corrected chi connectivity index (χ2v) is 5.56. The van der Waals surface area contributed by atoms with Crippen LogP contribution < -0.4 is 5.32 Å². The van der Waals surface area contributed by atoms with Crippen molar-refractivity contribution in [2.45, 2.75) is 31.4 Å². The Morgan fingerprint density at radius 2 is 2.11 bits per heavy atom. The van der Waals surface area contributed by atoms with Crippen LogP contribution in [0.3, 0.4) is 0 Å². The third-order valence-corrected chi connectivity index (χ3v) is 3.82. The molecular formula is C15H24N2O. The van der Waals surface area contributed by atoms with Crippen LogP contribution >= 0.6 is 0 Å². The van der Waals surface area contributed by atoms with Crippen molar-refractivity contribution in [2.24, 2.45) is 0 Å². The molecule has 0 bridgehead atoms. The molecule has 2 unspecified atom stereocenters. The molecule has 1 heterocycles. The molecule has 3 heteroatoms. The summed E-state index contributed by atoms with van der Waals surface area (Å²) in [6.45, 7) is 4.78. The van der Waals surface area contributed by atoms with Gasteiger partial charge >= 0.3 is 0 Å². The molecular weight excluding hydrogens is 224 g/mol. The van der Waals surface area contributed by atoms with E-state index in [1.165, 1.54) is 5.56 Å². The van der Waals surface area contributed by atoms with Crippen LogP contribution in [0.15, 0.2) is 30.3 Å². The van der Waals surface area contributed by atoms with Crippen molar-refractivity contribution >= 4 is 0 Å². The van der Waals surface area contributed by atoms with Crippen LogP contribution in [0.2, 0.25) is 0 Å². The fraction of sp³-hybridized carbons (Fsp3) is 0.600. The van der Waals surface area contributed by atoms with Crippen LogP contribution in [0.25, 0.3) is 0 Å². The molecule has 0 amide bonds. The minimum atomic E-state index is -0.484. The van der Waals surface area contributed by atoms with E-state index in [0.29, 0.717) is 6.04 Å². The molecule has 1 saturated heterocycles. The standard InChI is InChI=1S/C15H24N2O/c1-15(18)9-11-17(12-15)10-8-14(16-2)13-6-4-3-5-7-13/h3-7,14,16,18H,8-12H2,1-2H3. The molecule has 2 atom stereocenters. The van der Waals surface area contributed by atoms with E-state index in [0.717, 1.165) is 32.5 Å². The highest BCUT2D eigenvalue weighted by molar-refractivity contribution is 5.18. The van der Waals surface area contributed by atoms with Gasteiger partial charge in [-0.05, 0) is 32.4 Å². The van der Waals surface area contributed by atoms with E-state index in [-0.39, 0.29) is 0 Å². The van der Waals surface area contributed by atoms with Gasteiger partial charge in [-0.15, -0.1) is 0 Å². The molecule has 1 fully saturated rings. The van der Waals surface area contributed by atoms with E-state index in [1.54, 1.807) is 0 Å². The summed E-state index contributed by atoms with van der Waals surface area (Å²) in [5, 5.41) is 13.3. The summed E-state index contributed by atoms with van der Waals surface area (Å²) in [5.74, 6) is 0. The van der Waals surface area contributed by atoms with Crippen molar-refractivity contribution in [1.82, 2.24) is 10.2 Å². The monoisotopic (exact) mass is 248 g/mol. The van der Waals surface area contributed by atoms with Crippen LogP contribution in [0.5, 0.6) is 0 Å². The first-order valence-electron chi connectivity index (χ1n) is 6.78. The number of β-amino-alcohol motifs (C(OH)–C–C–N with tert-alkyl or cyclic N) is 1. The molecule has 0 aromatic heterocycles. The summed E-state index contributed by atoms with van der Waals surface area (Å²) in [6.07, 6.45) is 1.97. The van der Waals surface area contributed by atoms with Gasteiger partial charge in [0.1, 0.15) is 0 Å². The van der Waals surface area contributed by atoms with E-state index >= 15 is 0 Å². The molecule has 18 heavy (non-hydrogen) atoms. The van der Waals surface area contributed by atoms with Crippen LogP contribution in [0.1, 0.15) is 31.4 Å². The average molecular weight is 248 g/mol. The van der Waals surface area contributed by atoms with Crippen LogP contribution in [-0.4, -0.2) is 42.3 Å². The summed E-state index contributed by atoms with van der Waals surface area (Å²) in [6, 6.07) is 11.0. The lowest BCUT2D eigenvalue weighted by Gasteiger charge is -2.22. The van der Waals surface area contributed by atoms with E-state index in [4.69, 9.17) is 0 Å². The number of rotatable bonds is 5. The average Bonchev–Trinajstić information content (AvgIpc) is 2.71. The topological polar surface area (TPSA) is 35.5 Å². The maximum Gasteiger partial charge on any atom is 0.0758 e. The highest BCUT2D eigenvalue weighted by atomic mass is 16.3. The highest BCUT2D eigenvalue weighted by Gasteiger charge is 2.31. The SMILES string of the molecule is CNC(CCN1CCC(C)(O)C1)c1ccccc1. The molecule has 0 radical (unpaired) electrons. The lowest BCUT2D eigenvalue weighted by Crippen LogP contribution is -2.31. The second-order valence-electron chi connectivity index (χ2n) is 5.56. The minimum absolute atomic E-state index is 0.400. The number of nitrogens with zero attached hydrogens (tertiary/aromatic N) is 1. The third kappa shape index (κ3) is 3.55. The largest absolute Gasteiger partial charge is 0.389 e. The van der Waals surface area contributed by atoms with Crippen molar-refractivity contribution in [2.75, 3.05) is 26.7 Å². The van der Waals surface area contributed by atoms with E-state index in [1.807, 2.05) is 20.0 Å². The lowest BCUT2D eigenvalue weighted by atomic mass is 10.0. The second kappa shape index (κ2) is 5.83. The number of hydrogen-bond donors (Lipinski definition) is 2. The molecule has 1 aromatic rings. The fourth-order valence-corrected chi connectivity index (χ4v) is 2.70. The maximum atomic E-state index is 9.95. The van der Waals surface area contributed by atoms with E-state index < -0.39 is 5.60 Å². The van der Waals surface area contributed by atoms with Crippen molar-refractivity contribution in [3.05, 3.63) is 35.9 Å². The van der Waals surface area contributed by atoms with Crippen molar-refractivity contribution in [3.8, 4) is 0 Å². The molecule has 3 nitrogen and oxygen atoms in total. The normalized spacial score (nSPS) is 26.4. The van der Waals surface area contributed by atoms with Gasteiger partial charge in [0.2, 0.25) is 0 Å². The molecule has 1 aromatic carbocycles. The van der Waals surface area contributed by atoms with Gasteiger partial charge in [0.25, 0.3) is 0 Å². The van der Waals surface area contributed by atoms with Gasteiger partial charge in [-0.3, -0.25) is 0 Å². The van der Waals surface area contributed by atoms with Crippen molar-refractivity contribution in [1.29, 1.82) is 0 Å². The zero-order valence-corrected chi connectivity index (χ0v) is 11.4. The van der Waals surface area contributed by atoms with Gasteiger partial charge in [-0.25, -0.2) is 0 Å². The van der Waals surface area contributed by atoms with E-state index in [9.17, 15) is 5.11 Å². The summed E-state index contributed by atoms with van der Waals surface area (Å²) < 4.78 is 0. The molecule has 1 aliphatic heterocycles. The maximum absolute atomic E-state index is 9.95. The first kappa shape index (κ1) is 13.5. The van der Waals surface area contributed by atoms with Crippen LogP contribution in [0, 0.1) is 0 Å². The molecule has 0 spiro atoms. The predicted molar refractivity (Wildman–Crippen MR) is 74.5 cm³/mol. The Balaban J connectivity index is 1.85. The third-order valence-electron chi connectivity index (χ3n) is 3.82. The predicted octanol–water partition coefficient (Wildman–Crippen LogP) is 1.79. The molecule has 100 valence electrons. The highest BCUT2D eigenvalue weighted by Crippen LogP contribution is 2.22. The molecule has 2 rings (SSSR count). The summed E-state index contributed by atoms with van der Waals surface area (Å²) in [7, 11) is 2.01. The van der Waals surface area contributed by atoms with Gasteiger partial charge in [0, 0.05) is 25.7 Å². The number of hydrogen-bond acceptors (Lipinski definition) is 3.